The van der Waals surface area contributed by atoms with Crippen LogP contribution in [0.25, 0.3) is 0 Å². The van der Waals surface area contributed by atoms with Gasteiger partial charge in [-0.2, -0.15) is 0 Å². The summed E-state index contributed by atoms with van der Waals surface area (Å²) in [6.07, 6.45) is 3.18. The number of aldehydes is 1. The first-order chi connectivity index (χ1) is 9.26. The predicted molar refractivity (Wildman–Crippen MR) is 67.0 cm³/mol. The van der Waals surface area contributed by atoms with Gasteiger partial charge in [-0.3, -0.25) is 4.79 Å². The standard InChI is InChI=1S/C14H16O5/c1-9-2-3-11(19-9)7-16-12-5-14-13(17-8-18-14)4-10(12)6-15/h4-6,9,11H,2-3,7-8H2,1H3. The van der Waals surface area contributed by atoms with Crippen LogP contribution in [0, 0.1) is 0 Å². The first-order valence-electron chi connectivity index (χ1n) is 6.43. The lowest BCUT2D eigenvalue weighted by Crippen LogP contribution is -2.18. The van der Waals surface area contributed by atoms with Crippen molar-refractivity contribution in [2.75, 3.05) is 13.4 Å². The molecule has 2 atom stereocenters. The largest absolute Gasteiger partial charge is 0.490 e. The highest BCUT2D eigenvalue weighted by Crippen LogP contribution is 2.37. The topological polar surface area (TPSA) is 54.0 Å². The van der Waals surface area contributed by atoms with Gasteiger partial charge in [-0.1, -0.05) is 0 Å². The van der Waals surface area contributed by atoms with Crippen molar-refractivity contribution < 1.29 is 23.7 Å². The van der Waals surface area contributed by atoms with E-state index in [-0.39, 0.29) is 19.0 Å². The Bertz CT molecular complexity index is 485. The van der Waals surface area contributed by atoms with E-state index in [0.29, 0.717) is 29.4 Å². The first kappa shape index (κ1) is 12.3. The van der Waals surface area contributed by atoms with E-state index < -0.39 is 0 Å². The van der Waals surface area contributed by atoms with E-state index in [0.717, 1.165) is 19.1 Å². The zero-order valence-electron chi connectivity index (χ0n) is 10.8. The monoisotopic (exact) mass is 264 g/mol. The van der Waals surface area contributed by atoms with Crippen molar-refractivity contribution in [2.24, 2.45) is 0 Å². The minimum absolute atomic E-state index is 0.0972. The average molecular weight is 264 g/mol. The Kier molecular flexibility index (Phi) is 3.29. The number of hydrogen-bond acceptors (Lipinski definition) is 5. The van der Waals surface area contributed by atoms with E-state index in [1.54, 1.807) is 12.1 Å². The molecule has 0 spiro atoms. The van der Waals surface area contributed by atoms with Crippen molar-refractivity contribution in [3.8, 4) is 17.2 Å². The molecule has 1 aromatic carbocycles. The molecule has 0 bridgehead atoms. The maximum atomic E-state index is 11.1. The second-order valence-corrected chi connectivity index (χ2v) is 4.82. The Hall–Kier alpha value is -1.75. The van der Waals surface area contributed by atoms with Crippen molar-refractivity contribution in [2.45, 2.75) is 32.0 Å². The zero-order valence-corrected chi connectivity index (χ0v) is 10.8. The molecule has 2 aliphatic rings. The van der Waals surface area contributed by atoms with E-state index in [4.69, 9.17) is 18.9 Å². The summed E-state index contributed by atoms with van der Waals surface area (Å²) in [5, 5.41) is 0. The van der Waals surface area contributed by atoms with Crippen LogP contribution in [-0.4, -0.2) is 31.9 Å². The van der Waals surface area contributed by atoms with Crippen LogP contribution in [0.1, 0.15) is 30.1 Å². The van der Waals surface area contributed by atoms with Gasteiger partial charge in [0.25, 0.3) is 0 Å². The summed E-state index contributed by atoms with van der Waals surface area (Å²) in [4.78, 5) is 11.1. The van der Waals surface area contributed by atoms with Gasteiger partial charge >= 0.3 is 0 Å². The summed E-state index contributed by atoms with van der Waals surface area (Å²) in [5.74, 6) is 1.71. The van der Waals surface area contributed by atoms with Crippen LogP contribution < -0.4 is 14.2 Å². The lowest BCUT2D eigenvalue weighted by atomic mass is 10.2. The number of carbonyl (C=O) groups is 1. The molecule has 0 aliphatic carbocycles. The molecule has 2 unspecified atom stereocenters. The lowest BCUT2D eigenvalue weighted by Gasteiger charge is -2.14. The molecular formula is C14H16O5. The molecular weight excluding hydrogens is 248 g/mol. The van der Waals surface area contributed by atoms with Crippen LogP contribution in [0.3, 0.4) is 0 Å². The Morgan fingerprint density at radius 2 is 2.11 bits per heavy atom. The zero-order chi connectivity index (χ0) is 13.2. The third-order valence-corrected chi connectivity index (χ3v) is 3.38. The van der Waals surface area contributed by atoms with Gasteiger partial charge in [0.05, 0.1) is 17.8 Å². The molecule has 1 aromatic rings. The molecule has 2 aliphatic heterocycles. The average Bonchev–Trinajstić information content (AvgIpc) is 3.03. The molecule has 5 heteroatoms. The predicted octanol–water partition coefficient (Wildman–Crippen LogP) is 2.17. The fourth-order valence-corrected chi connectivity index (χ4v) is 2.35. The van der Waals surface area contributed by atoms with Crippen LogP contribution >= 0.6 is 0 Å². The molecule has 5 nitrogen and oxygen atoms in total. The molecule has 3 rings (SSSR count). The quantitative estimate of drug-likeness (QED) is 0.780. The summed E-state index contributed by atoms with van der Waals surface area (Å²) in [6, 6.07) is 3.34. The first-order valence-corrected chi connectivity index (χ1v) is 6.43. The van der Waals surface area contributed by atoms with Gasteiger partial charge < -0.3 is 18.9 Å². The van der Waals surface area contributed by atoms with Crippen molar-refractivity contribution in [1.82, 2.24) is 0 Å². The number of ether oxygens (including phenoxy) is 4. The number of benzene rings is 1. The van der Waals surface area contributed by atoms with Crippen molar-refractivity contribution in [3.05, 3.63) is 17.7 Å². The summed E-state index contributed by atoms with van der Waals surface area (Å²) >= 11 is 0. The Balaban J connectivity index is 1.71. The Morgan fingerprint density at radius 1 is 1.32 bits per heavy atom. The molecule has 0 amide bonds. The van der Waals surface area contributed by atoms with Crippen molar-refractivity contribution >= 4 is 6.29 Å². The number of fused-ring (bicyclic) bond motifs is 1. The van der Waals surface area contributed by atoms with Gasteiger partial charge in [-0.05, 0) is 25.8 Å². The van der Waals surface area contributed by atoms with Crippen molar-refractivity contribution in [3.63, 3.8) is 0 Å². The summed E-state index contributed by atoms with van der Waals surface area (Å²) in [7, 11) is 0. The van der Waals surface area contributed by atoms with Crippen LogP contribution in [0.4, 0.5) is 0 Å². The fraction of sp³-hybridized carbons (Fsp3) is 0.500. The molecule has 102 valence electrons. The molecule has 0 radical (unpaired) electrons. The minimum Gasteiger partial charge on any atom is -0.490 e. The second kappa shape index (κ2) is 5.09. The van der Waals surface area contributed by atoms with Crippen LogP contribution in [0.5, 0.6) is 17.2 Å². The highest BCUT2D eigenvalue weighted by atomic mass is 16.7. The highest BCUT2D eigenvalue weighted by molar-refractivity contribution is 5.81. The molecule has 1 saturated heterocycles. The molecule has 2 heterocycles. The maximum absolute atomic E-state index is 11.1. The van der Waals surface area contributed by atoms with Gasteiger partial charge in [-0.25, -0.2) is 0 Å². The Labute approximate surface area is 111 Å². The summed E-state index contributed by atoms with van der Waals surface area (Å²) in [5.41, 5.74) is 0.468. The van der Waals surface area contributed by atoms with Crippen LogP contribution in [-0.2, 0) is 4.74 Å². The van der Waals surface area contributed by atoms with Gasteiger partial charge in [-0.15, -0.1) is 0 Å². The smallest absolute Gasteiger partial charge is 0.231 e. The summed E-state index contributed by atoms with van der Waals surface area (Å²) in [6.45, 7) is 2.68. The number of carbonyl (C=O) groups excluding carboxylic acids is 1. The van der Waals surface area contributed by atoms with E-state index in [1.165, 1.54) is 0 Å². The third kappa shape index (κ3) is 2.51. The van der Waals surface area contributed by atoms with Gasteiger partial charge in [0, 0.05) is 6.07 Å². The number of hydrogen-bond donors (Lipinski definition) is 0. The van der Waals surface area contributed by atoms with Gasteiger partial charge in [0.1, 0.15) is 12.4 Å². The normalized spacial score (nSPS) is 24.5. The van der Waals surface area contributed by atoms with E-state index in [9.17, 15) is 4.79 Å². The minimum atomic E-state index is 0.0972. The van der Waals surface area contributed by atoms with E-state index in [2.05, 4.69) is 6.92 Å². The summed E-state index contributed by atoms with van der Waals surface area (Å²) < 4.78 is 21.9. The van der Waals surface area contributed by atoms with Gasteiger partial charge in [0.15, 0.2) is 17.8 Å². The molecule has 19 heavy (non-hydrogen) atoms. The molecule has 0 N–H and O–H groups in total. The van der Waals surface area contributed by atoms with E-state index >= 15 is 0 Å². The maximum Gasteiger partial charge on any atom is 0.231 e. The highest BCUT2D eigenvalue weighted by Gasteiger charge is 2.23. The van der Waals surface area contributed by atoms with Gasteiger partial charge in [0.2, 0.25) is 6.79 Å². The SMILES string of the molecule is CC1CCC(COc2cc3c(cc2C=O)OCO3)O1. The second-order valence-electron chi connectivity index (χ2n) is 4.82. The fourth-order valence-electron chi connectivity index (χ4n) is 2.35. The third-order valence-electron chi connectivity index (χ3n) is 3.38. The lowest BCUT2D eigenvalue weighted by molar-refractivity contribution is 0.0262. The molecule has 0 aromatic heterocycles. The van der Waals surface area contributed by atoms with E-state index in [1.807, 2.05) is 0 Å². The van der Waals surface area contributed by atoms with Crippen LogP contribution in [0.2, 0.25) is 0 Å². The molecule has 1 fully saturated rings. The molecule has 0 saturated carbocycles. The Morgan fingerprint density at radius 3 is 2.79 bits per heavy atom. The number of rotatable bonds is 4. The van der Waals surface area contributed by atoms with Crippen molar-refractivity contribution in [1.29, 1.82) is 0 Å². The van der Waals surface area contributed by atoms with Crippen LogP contribution in [0.15, 0.2) is 12.1 Å².